The summed E-state index contributed by atoms with van der Waals surface area (Å²) in [6, 6.07) is 4.36. The van der Waals surface area contributed by atoms with Crippen LogP contribution in [0.2, 0.25) is 0 Å². The molecular formula is C19H14F2N2O5S. The summed E-state index contributed by atoms with van der Waals surface area (Å²) >= 11 is 0.400. The van der Waals surface area contributed by atoms with Gasteiger partial charge in [-0.1, -0.05) is 11.8 Å². The van der Waals surface area contributed by atoms with E-state index in [-0.39, 0.29) is 23.4 Å². The van der Waals surface area contributed by atoms with E-state index in [1.807, 2.05) is 0 Å². The van der Waals surface area contributed by atoms with Crippen molar-refractivity contribution in [2.45, 2.75) is 17.9 Å². The van der Waals surface area contributed by atoms with Crippen LogP contribution in [0.15, 0.2) is 18.2 Å². The molecule has 1 fully saturated rings. The SMILES string of the molecule is CN1CCC(O)(C#Cc2ccc3c(c2)-c2nc(C(=O)O)sc2C(F)(F)CO3)C1=O. The number of hydrogen-bond donors (Lipinski definition) is 2. The summed E-state index contributed by atoms with van der Waals surface area (Å²) in [4.78, 5) is 28.0. The van der Waals surface area contributed by atoms with Crippen molar-refractivity contribution in [3.05, 3.63) is 33.6 Å². The quantitative estimate of drug-likeness (QED) is 0.684. The highest BCUT2D eigenvalue weighted by atomic mass is 32.1. The lowest BCUT2D eigenvalue weighted by Gasteiger charge is -2.13. The minimum Gasteiger partial charge on any atom is -0.486 e. The predicted molar refractivity (Wildman–Crippen MR) is 98.0 cm³/mol. The Balaban J connectivity index is 1.79. The van der Waals surface area contributed by atoms with Gasteiger partial charge in [0.25, 0.3) is 5.91 Å². The highest BCUT2D eigenvalue weighted by Gasteiger charge is 2.43. The molecule has 10 heteroatoms. The van der Waals surface area contributed by atoms with E-state index in [1.165, 1.54) is 23.1 Å². The van der Waals surface area contributed by atoms with E-state index in [1.54, 1.807) is 7.05 Å². The fourth-order valence-electron chi connectivity index (χ4n) is 3.14. The molecule has 2 aromatic rings. The zero-order valence-corrected chi connectivity index (χ0v) is 15.8. The zero-order valence-electron chi connectivity index (χ0n) is 15.0. The monoisotopic (exact) mass is 420 g/mol. The van der Waals surface area contributed by atoms with Crippen molar-refractivity contribution < 1.29 is 33.3 Å². The number of nitrogens with zero attached hydrogens (tertiary/aromatic N) is 2. The Morgan fingerprint density at radius 3 is 2.83 bits per heavy atom. The molecule has 1 saturated heterocycles. The third kappa shape index (κ3) is 3.22. The maximum atomic E-state index is 14.4. The van der Waals surface area contributed by atoms with Crippen molar-refractivity contribution in [1.82, 2.24) is 9.88 Å². The first-order chi connectivity index (χ1) is 13.6. The third-order valence-corrected chi connectivity index (χ3v) is 5.86. The molecule has 1 aromatic carbocycles. The number of aromatic nitrogens is 1. The van der Waals surface area contributed by atoms with Crippen LogP contribution in [0.25, 0.3) is 11.3 Å². The number of carboxylic acids is 1. The van der Waals surface area contributed by atoms with E-state index in [4.69, 9.17) is 9.84 Å². The normalized spacial score (nSPS) is 22.1. The molecule has 1 amide bonds. The molecule has 2 aliphatic heterocycles. The lowest BCUT2D eigenvalue weighted by atomic mass is 10.0. The van der Waals surface area contributed by atoms with E-state index < -0.39 is 39.9 Å². The van der Waals surface area contributed by atoms with Gasteiger partial charge < -0.3 is 19.8 Å². The zero-order chi connectivity index (χ0) is 21.0. The summed E-state index contributed by atoms with van der Waals surface area (Å²) < 4.78 is 34.1. The maximum absolute atomic E-state index is 14.4. The molecular weight excluding hydrogens is 406 g/mol. The van der Waals surface area contributed by atoms with Crippen LogP contribution in [0.5, 0.6) is 5.75 Å². The van der Waals surface area contributed by atoms with Gasteiger partial charge in [-0.3, -0.25) is 4.79 Å². The standard InChI is InChI=1S/C19H14F2N2O5S/c1-23-7-6-18(27,17(23)26)5-4-10-2-3-12-11(8-10)13-14(19(20,21)9-28-12)29-15(22-13)16(24)25/h2-3,8,27H,6-7,9H2,1H3,(H,24,25). The molecule has 3 heterocycles. The number of ether oxygens (including phenoxy) is 1. The summed E-state index contributed by atoms with van der Waals surface area (Å²) in [6.07, 6.45) is 0.161. The number of rotatable bonds is 1. The fraction of sp³-hybridized carbons (Fsp3) is 0.316. The molecule has 0 bridgehead atoms. The van der Waals surface area contributed by atoms with Gasteiger partial charge in [0.15, 0.2) is 6.61 Å². The molecule has 0 spiro atoms. The molecule has 0 radical (unpaired) electrons. The van der Waals surface area contributed by atoms with Crippen molar-refractivity contribution in [3.63, 3.8) is 0 Å². The predicted octanol–water partition coefficient (Wildman–Crippen LogP) is 1.94. The number of hydrogen-bond acceptors (Lipinski definition) is 6. The highest BCUT2D eigenvalue weighted by Crippen LogP contribution is 2.46. The van der Waals surface area contributed by atoms with Gasteiger partial charge in [-0.15, -0.1) is 11.3 Å². The molecule has 29 heavy (non-hydrogen) atoms. The number of alkyl halides is 2. The molecule has 1 unspecified atom stereocenters. The number of benzene rings is 1. The number of likely N-dealkylation sites (tertiary alicyclic amines) is 1. The number of carbonyl (C=O) groups excluding carboxylic acids is 1. The Kier molecular flexibility index (Phi) is 4.33. The molecule has 4 rings (SSSR count). The summed E-state index contributed by atoms with van der Waals surface area (Å²) in [5.74, 6) is 0.0648. The lowest BCUT2D eigenvalue weighted by molar-refractivity contribution is -0.137. The number of thiazole rings is 1. The van der Waals surface area contributed by atoms with E-state index >= 15 is 0 Å². The van der Waals surface area contributed by atoms with Crippen LogP contribution in [-0.2, 0) is 10.7 Å². The number of amides is 1. The molecule has 0 aliphatic carbocycles. The number of carbonyl (C=O) groups is 2. The van der Waals surface area contributed by atoms with Gasteiger partial charge in [0.1, 0.15) is 10.6 Å². The van der Waals surface area contributed by atoms with Gasteiger partial charge in [0, 0.05) is 31.1 Å². The maximum Gasteiger partial charge on any atom is 0.365 e. The van der Waals surface area contributed by atoms with Crippen LogP contribution in [-0.4, -0.2) is 57.8 Å². The van der Waals surface area contributed by atoms with E-state index in [2.05, 4.69) is 16.8 Å². The number of carboxylic acid groups (broad SMARTS) is 1. The van der Waals surface area contributed by atoms with E-state index in [0.29, 0.717) is 23.4 Å². The van der Waals surface area contributed by atoms with Crippen molar-refractivity contribution in [2.75, 3.05) is 20.2 Å². The molecule has 0 saturated carbocycles. The summed E-state index contributed by atoms with van der Waals surface area (Å²) in [5.41, 5.74) is -1.46. The summed E-state index contributed by atoms with van der Waals surface area (Å²) in [6.45, 7) is -0.572. The minimum atomic E-state index is -3.40. The number of aromatic carboxylic acids is 1. The molecule has 150 valence electrons. The van der Waals surface area contributed by atoms with E-state index in [9.17, 15) is 23.5 Å². The van der Waals surface area contributed by atoms with Gasteiger partial charge in [-0.05, 0) is 18.2 Å². The molecule has 1 aromatic heterocycles. The Morgan fingerprint density at radius 2 is 2.17 bits per heavy atom. The first kappa shape index (κ1) is 19.3. The lowest BCUT2D eigenvalue weighted by Crippen LogP contribution is -2.37. The Labute approximate surface area is 167 Å². The van der Waals surface area contributed by atoms with Crippen LogP contribution in [0, 0.1) is 11.8 Å². The van der Waals surface area contributed by atoms with Gasteiger partial charge in [-0.2, -0.15) is 8.78 Å². The van der Waals surface area contributed by atoms with Gasteiger partial charge >= 0.3 is 11.9 Å². The topological polar surface area (TPSA) is 100.0 Å². The summed E-state index contributed by atoms with van der Waals surface area (Å²) in [7, 11) is 1.56. The Bertz CT molecular complexity index is 1100. The molecule has 1 atom stereocenters. The first-order valence-electron chi connectivity index (χ1n) is 8.51. The fourth-order valence-corrected chi connectivity index (χ4v) is 4.02. The van der Waals surface area contributed by atoms with Crippen molar-refractivity contribution in [1.29, 1.82) is 0 Å². The third-order valence-electron chi connectivity index (χ3n) is 4.71. The van der Waals surface area contributed by atoms with Gasteiger partial charge in [0.2, 0.25) is 10.6 Å². The number of likely N-dealkylation sites (N-methyl/N-ethyl adjacent to an activating group) is 1. The van der Waals surface area contributed by atoms with Crippen LogP contribution >= 0.6 is 11.3 Å². The number of halogens is 2. The largest absolute Gasteiger partial charge is 0.486 e. The molecule has 2 N–H and O–H groups in total. The van der Waals surface area contributed by atoms with Crippen LogP contribution < -0.4 is 4.74 Å². The average Bonchev–Trinajstić information content (AvgIpc) is 3.21. The van der Waals surface area contributed by atoms with Crippen molar-refractivity contribution >= 4 is 23.2 Å². The molecule has 2 aliphatic rings. The average molecular weight is 420 g/mol. The second-order valence-electron chi connectivity index (χ2n) is 6.79. The minimum absolute atomic E-state index is 0.117. The van der Waals surface area contributed by atoms with Crippen LogP contribution in [0.4, 0.5) is 8.78 Å². The van der Waals surface area contributed by atoms with Crippen LogP contribution in [0.1, 0.15) is 26.7 Å². The number of aliphatic hydroxyl groups is 1. The second kappa shape index (κ2) is 6.50. The second-order valence-corrected chi connectivity index (χ2v) is 7.79. The van der Waals surface area contributed by atoms with Crippen molar-refractivity contribution in [2.24, 2.45) is 0 Å². The van der Waals surface area contributed by atoms with Gasteiger partial charge in [0.05, 0.1) is 5.69 Å². The first-order valence-corrected chi connectivity index (χ1v) is 9.33. The smallest absolute Gasteiger partial charge is 0.365 e. The number of fused-ring (bicyclic) bond motifs is 3. The summed E-state index contributed by atoms with van der Waals surface area (Å²) in [5, 5.41) is 19.1. The Morgan fingerprint density at radius 1 is 1.41 bits per heavy atom. The highest BCUT2D eigenvalue weighted by molar-refractivity contribution is 7.14. The van der Waals surface area contributed by atoms with Crippen molar-refractivity contribution in [3.8, 4) is 28.8 Å². The van der Waals surface area contributed by atoms with Crippen LogP contribution in [0.3, 0.4) is 0 Å². The molecule has 7 nitrogen and oxygen atoms in total. The van der Waals surface area contributed by atoms with Gasteiger partial charge in [-0.25, -0.2) is 9.78 Å². The Hall–Kier alpha value is -3.03. The van der Waals surface area contributed by atoms with E-state index in [0.717, 1.165) is 0 Å².